The largest absolute Gasteiger partial charge is 0.477 e. The minimum absolute atomic E-state index is 0.170. The molecular weight excluding hydrogens is 239 g/mol. The van der Waals surface area contributed by atoms with Crippen LogP contribution in [0.5, 0.6) is 0 Å². The van der Waals surface area contributed by atoms with Crippen molar-refractivity contribution in [3.05, 3.63) is 57.9 Å². The molecule has 6 heteroatoms. The number of aryl methyl sites for hydroxylation is 1. The van der Waals surface area contributed by atoms with E-state index in [9.17, 15) is 14.0 Å². The number of carbonyl (C=O) groups is 1. The van der Waals surface area contributed by atoms with Crippen molar-refractivity contribution in [2.75, 3.05) is 0 Å². The summed E-state index contributed by atoms with van der Waals surface area (Å²) in [6.07, 6.45) is 2.37. The van der Waals surface area contributed by atoms with Crippen LogP contribution in [0.25, 0.3) is 5.82 Å². The van der Waals surface area contributed by atoms with Crippen molar-refractivity contribution < 1.29 is 14.3 Å². The number of aromatic nitrogens is 2. The van der Waals surface area contributed by atoms with E-state index in [0.29, 0.717) is 5.56 Å². The van der Waals surface area contributed by atoms with Gasteiger partial charge in [-0.2, -0.15) is 0 Å². The van der Waals surface area contributed by atoms with Crippen LogP contribution < -0.4 is 5.56 Å². The van der Waals surface area contributed by atoms with Gasteiger partial charge in [-0.3, -0.25) is 9.36 Å². The molecule has 2 rings (SSSR count). The smallest absolute Gasteiger partial charge is 0.341 e. The third-order valence-corrected chi connectivity index (χ3v) is 2.47. The van der Waals surface area contributed by atoms with E-state index in [2.05, 4.69) is 4.98 Å². The lowest BCUT2D eigenvalue weighted by Gasteiger charge is -2.07. The van der Waals surface area contributed by atoms with E-state index in [1.54, 1.807) is 0 Å². The molecule has 0 unspecified atom stereocenters. The molecule has 0 radical (unpaired) electrons. The molecule has 2 aromatic rings. The number of aromatic carboxylic acids is 1. The minimum Gasteiger partial charge on any atom is -0.477 e. The Bertz CT molecular complexity index is 662. The lowest BCUT2D eigenvalue weighted by Crippen LogP contribution is -2.26. The van der Waals surface area contributed by atoms with Crippen LogP contribution in [-0.2, 0) is 0 Å². The standard InChI is InChI=1S/C12H9FN2O3/c1-7-4-5-15(11(16)10(7)12(17)18)9-3-2-8(13)6-14-9/h2-6H,1H3,(H,17,18). The lowest BCUT2D eigenvalue weighted by molar-refractivity contribution is 0.0693. The highest BCUT2D eigenvalue weighted by atomic mass is 19.1. The summed E-state index contributed by atoms with van der Waals surface area (Å²) in [4.78, 5) is 26.7. The molecule has 92 valence electrons. The maximum absolute atomic E-state index is 12.7. The molecule has 1 N–H and O–H groups in total. The molecule has 0 amide bonds. The van der Waals surface area contributed by atoms with Crippen LogP contribution >= 0.6 is 0 Å². The van der Waals surface area contributed by atoms with E-state index in [1.807, 2.05) is 0 Å². The van der Waals surface area contributed by atoms with E-state index in [0.717, 1.165) is 16.8 Å². The molecule has 0 bridgehead atoms. The van der Waals surface area contributed by atoms with Gasteiger partial charge < -0.3 is 5.11 Å². The van der Waals surface area contributed by atoms with Crippen LogP contribution in [0.15, 0.2) is 35.4 Å². The number of hydrogen-bond donors (Lipinski definition) is 1. The van der Waals surface area contributed by atoms with Crippen molar-refractivity contribution in [3.63, 3.8) is 0 Å². The van der Waals surface area contributed by atoms with E-state index >= 15 is 0 Å². The number of halogens is 1. The highest BCUT2D eigenvalue weighted by Crippen LogP contribution is 2.06. The molecule has 0 fully saturated rings. The Balaban J connectivity index is 2.67. The molecule has 0 atom stereocenters. The fraction of sp³-hybridized carbons (Fsp3) is 0.0833. The van der Waals surface area contributed by atoms with Gasteiger partial charge in [0.2, 0.25) is 0 Å². The van der Waals surface area contributed by atoms with E-state index < -0.39 is 17.3 Å². The predicted octanol–water partition coefficient (Wildman–Crippen LogP) is 1.38. The molecule has 18 heavy (non-hydrogen) atoms. The summed E-state index contributed by atoms with van der Waals surface area (Å²) in [7, 11) is 0. The number of nitrogens with zero attached hydrogens (tertiary/aromatic N) is 2. The third kappa shape index (κ3) is 2.00. The van der Waals surface area contributed by atoms with Crippen molar-refractivity contribution in [1.82, 2.24) is 9.55 Å². The van der Waals surface area contributed by atoms with Crippen LogP contribution in [0.3, 0.4) is 0 Å². The zero-order chi connectivity index (χ0) is 13.3. The van der Waals surface area contributed by atoms with E-state index in [-0.39, 0.29) is 11.4 Å². The van der Waals surface area contributed by atoms with Gasteiger partial charge in [-0.05, 0) is 30.7 Å². The second-order valence-corrected chi connectivity index (χ2v) is 3.69. The van der Waals surface area contributed by atoms with Crippen LogP contribution in [0.1, 0.15) is 15.9 Å². The Hall–Kier alpha value is -2.50. The van der Waals surface area contributed by atoms with Crippen LogP contribution in [-0.4, -0.2) is 20.6 Å². The van der Waals surface area contributed by atoms with Crippen molar-refractivity contribution in [3.8, 4) is 5.82 Å². The SMILES string of the molecule is Cc1ccn(-c2ccc(F)cn2)c(=O)c1C(=O)O. The summed E-state index contributed by atoms with van der Waals surface area (Å²) >= 11 is 0. The Morgan fingerprint density at radius 2 is 2.11 bits per heavy atom. The molecular formula is C12H9FN2O3. The maximum atomic E-state index is 12.7. The van der Waals surface area contributed by atoms with Crippen molar-refractivity contribution in [2.24, 2.45) is 0 Å². The first kappa shape index (κ1) is 12.0. The van der Waals surface area contributed by atoms with Crippen molar-refractivity contribution in [2.45, 2.75) is 6.92 Å². The van der Waals surface area contributed by atoms with Gasteiger partial charge in [0.15, 0.2) is 0 Å². The first-order valence-electron chi connectivity index (χ1n) is 5.08. The summed E-state index contributed by atoms with van der Waals surface area (Å²) in [5, 5.41) is 8.97. The van der Waals surface area contributed by atoms with E-state index in [1.165, 1.54) is 25.3 Å². The Morgan fingerprint density at radius 1 is 1.39 bits per heavy atom. The molecule has 0 aliphatic carbocycles. The highest BCUT2D eigenvalue weighted by molar-refractivity contribution is 5.88. The zero-order valence-corrected chi connectivity index (χ0v) is 9.42. The number of rotatable bonds is 2. The topological polar surface area (TPSA) is 72.2 Å². The summed E-state index contributed by atoms with van der Waals surface area (Å²) in [5.74, 6) is -1.66. The molecule has 2 heterocycles. The van der Waals surface area contributed by atoms with Gasteiger partial charge in [0.25, 0.3) is 5.56 Å². The van der Waals surface area contributed by atoms with Crippen LogP contribution in [0.2, 0.25) is 0 Å². The summed E-state index contributed by atoms with van der Waals surface area (Å²) in [6.45, 7) is 1.54. The zero-order valence-electron chi connectivity index (χ0n) is 9.42. The highest BCUT2D eigenvalue weighted by Gasteiger charge is 2.15. The van der Waals surface area contributed by atoms with Gasteiger partial charge in [0.05, 0.1) is 6.20 Å². The first-order valence-corrected chi connectivity index (χ1v) is 5.08. The molecule has 0 saturated carbocycles. The normalized spacial score (nSPS) is 10.3. The maximum Gasteiger partial charge on any atom is 0.341 e. The van der Waals surface area contributed by atoms with Gasteiger partial charge in [0.1, 0.15) is 17.2 Å². The molecule has 0 aliphatic rings. The summed E-state index contributed by atoms with van der Waals surface area (Å²) in [5.41, 5.74) is -0.643. The minimum atomic E-state index is -1.30. The molecule has 0 spiro atoms. The second-order valence-electron chi connectivity index (χ2n) is 3.69. The molecule has 2 aromatic heterocycles. The number of pyridine rings is 2. The number of carboxylic acid groups (broad SMARTS) is 1. The van der Waals surface area contributed by atoms with Crippen molar-refractivity contribution in [1.29, 1.82) is 0 Å². The van der Waals surface area contributed by atoms with Crippen LogP contribution in [0.4, 0.5) is 4.39 Å². The number of hydrogen-bond acceptors (Lipinski definition) is 3. The van der Waals surface area contributed by atoms with Gasteiger partial charge in [-0.15, -0.1) is 0 Å². The second kappa shape index (κ2) is 4.40. The molecule has 5 nitrogen and oxygen atoms in total. The lowest BCUT2D eigenvalue weighted by atomic mass is 10.1. The van der Waals surface area contributed by atoms with Crippen molar-refractivity contribution >= 4 is 5.97 Å². The first-order chi connectivity index (χ1) is 8.50. The number of carboxylic acids is 1. The summed E-state index contributed by atoms with van der Waals surface area (Å²) in [6, 6.07) is 3.95. The molecule has 0 saturated heterocycles. The van der Waals surface area contributed by atoms with Gasteiger partial charge in [-0.1, -0.05) is 0 Å². The van der Waals surface area contributed by atoms with Gasteiger partial charge in [-0.25, -0.2) is 14.2 Å². The van der Waals surface area contributed by atoms with E-state index in [4.69, 9.17) is 5.11 Å². The van der Waals surface area contributed by atoms with Crippen LogP contribution in [0, 0.1) is 12.7 Å². The third-order valence-electron chi connectivity index (χ3n) is 2.47. The average Bonchev–Trinajstić information content (AvgIpc) is 2.30. The van der Waals surface area contributed by atoms with Gasteiger partial charge in [0, 0.05) is 6.20 Å². The molecule has 0 aliphatic heterocycles. The fourth-order valence-electron chi connectivity index (χ4n) is 1.58. The Labute approximate surface area is 101 Å². The Kier molecular flexibility index (Phi) is 2.93. The quantitative estimate of drug-likeness (QED) is 0.871. The fourth-order valence-corrected chi connectivity index (χ4v) is 1.58. The molecule has 0 aromatic carbocycles. The Morgan fingerprint density at radius 3 is 2.67 bits per heavy atom. The monoisotopic (exact) mass is 248 g/mol. The van der Waals surface area contributed by atoms with Gasteiger partial charge >= 0.3 is 5.97 Å². The predicted molar refractivity (Wildman–Crippen MR) is 61.5 cm³/mol. The average molecular weight is 248 g/mol. The summed E-state index contributed by atoms with van der Waals surface area (Å²) < 4.78 is 13.8.